The molecule has 2 N–H and O–H groups in total. The minimum absolute atomic E-state index is 0. The summed E-state index contributed by atoms with van der Waals surface area (Å²) in [6.45, 7) is 0. The number of amides is 1. The monoisotopic (exact) mass is 129 g/mol. The van der Waals surface area contributed by atoms with Gasteiger partial charge in [-0.1, -0.05) is 18.2 Å². The second kappa shape index (κ2) is 4.16. The van der Waals surface area contributed by atoms with Crippen LogP contribution in [0.15, 0.2) is 30.3 Å². The number of rotatable bonds is 1. The van der Waals surface area contributed by atoms with Crippen molar-refractivity contribution in [2.24, 2.45) is 5.73 Å². The van der Waals surface area contributed by atoms with Crippen molar-refractivity contribution >= 4 is 24.8 Å². The van der Waals surface area contributed by atoms with E-state index in [1.807, 2.05) is 6.07 Å². The zero-order valence-corrected chi connectivity index (χ0v) is 4.87. The van der Waals surface area contributed by atoms with E-state index in [1.54, 1.807) is 24.3 Å². The van der Waals surface area contributed by atoms with Gasteiger partial charge in [-0.15, -0.1) is 0 Å². The van der Waals surface area contributed by atoms with Crippen molar-refractivity contribution < 1.29 is 4.79 Å². The van der Waals surface area contributed by atoms with Crippen LogP contribution in [0.4, 0.5) is 0 Å². The van der Waals surface area contributed by atoms with Gasteiger partial charge in [0.05, 0.1) is 0 Å². The van der Waals surface area contributed by atoms with Crippen molar-refractivity contribution in [3.8, 4) is 0 Å². The molecule has 0 spiro atoms. The predicted octanol–water partition coefficient (Wildman–Crippen LogP) is 0.137. The molecule has 0 aliphatic rings. The van der Waals surface area contributed by atoms with E-state index < -0.39 is 0 Å². The summed E-state index contributed by atoms with van der Waals surface area (Å²) in [6.07, 6.45) is 0. The van der Waals surface area contributed by atoms with Crippen LogP contribution in [0.2, 0.25) is 0 Å². The fourth-order valence-electron chi connectivity index (χ4n) is 0.602. The van der Waals surface area contributed by atoms with Gasteiger partial charge >= 0.3 is 18.9 Å². The van der Waals surface area contributed by atoms with Crippen LogP contribution < -0.4 is 5.73 Å². The standard InChI is InChI=1S/C7H7NO.Li.H/c8-7(9)6-4-2-1-3-5-6;;/h1-5H,(H2,8,9);;. The molecule has 0 fully saturated rings. The third-order valence-electron chi connectivity index (χ3n) is 1.06. The maximum atomic E-state index is 10.4. The van der Waals surface area contributed by atoms with E-state index in [9.17, 15) is 4.79 Å². The Morgan fingerprint density at radius 2 is 1.70 bits per heavy atom. The number of hydrogen-bond acceptors (Lipinski definition) is 1. The van der Waals surface area contributed by atoms with Gasteiger partial charge in [0.25, 0.3) is 0 Å². The Hall–Kier alpha value is -0.713. The number of nitrogens with two attached hydrogens (primary N) is 1. The van der Waals surface area contributed by atoms with Crippen LogP contribution in [0.3, 0.4) is 0 Å². The number of hydrogen-bond donors (Lipinski definition) is 1. The van der Waals surface area contributed by atoms with E-state index >= 15 is 0 Å². The Morgan fingerprint density at radius 1 is 1.20 bits per heavy atom. The van der Waals surface area contributed by atoms with Crippen LogP contribution in [-0.4, -0.2) is 24.8 Å². The first kappa shape index (κ1) is 9.29. The molecule has 0 unspecified atom stereocenters. The molecule has 0 saturated heterocycles. The summed E-state index contributed by atoms with van der Waals surface area (Å²) in [5, 5.41) is 0. The van der Waals surface area contributed by atoms with Crippen LogP contribution in [0.25, 0.3) is 0 Å². The fraction of sp³-hybridized carbons (Fsp3) is 0. The second-order valence-electron chi connectivity index (χ2n) is 1.73. The third kappa shape index (κ3) is 2.26. The van der Waals surface area contributed by atoms with Crippen molar-refractivity contribution in [3.63, 3.8) is 0 Å². The van der Waals surface area contributed by atoms with Crippen LogP contribution >= 0.6 is 0 Å². The Bertz CT molecular complexity index is 210. The van der Waals surface area contributed by atoms with Crippen LogP contribution in [0.5, 0.6) is 0 Å². The van der Waals surface area contributed by atoms with Crippen LogP contribution in [0.1, 0.15) is 10.4 Å². The average Bonchev–Trinajstić information content (AvgIpc) is 1.90. The summed E-state index contributed by atoms with van der Waals surface area (Å²) >= 11 is 0. The number of primary amides is 1. The van der Waals surface area contributed by atoms with E-state index in [2.05, 4.69) is 0 Å². The minimum atomic E-state index is -0.379. The molecular formula is C7H8LiNO. The first-order valence-corrected chi connectivity index (χ1v) is 2.65. The van der Waals surface area contributed by atoms with Gasteiger partial charge in [0.15, 0.2) is 0 Å². The van der Waals surface area contributed by atoms with Crippen molar-refractivity contribution in [2.45, 2.75) is 0 Å². The van der Waals surface area contributed by atoms with Gasteiger partial charge in [-0.05, 0) is 12.1 Å². The van der Waals surface area contributed by atoms with Crippen LogP contribution in [0, 0.1) is 0 Å². The summed E-state index contributed by atoms with van der Waals surface area (Å²) in [5.74, 6) is -0.379. The Kier molecular flexibility index (Phi) is 3.86. The second-order valence-corrected chi connectivity index (χ2v) is 1.73. The zero-order valence-electron chi connectivity index (χ0n) is 4.87. The van der Waals surface area contributed by atoms with Crippen molar-refractivity contribution in [1.82, 2.24) is 0 Å². The fourth-order valence-corrected chi connectivity index (χ4v) is 0.602. The molecule has 0 heterocycles. The molecule has 0 radical (unpaired) electrons. The van der Waals surface area contributed by atoms with Crippen molar-refractivity contribution in [1.29, 1.82) is 0 Å². The number of carbonyl (C=O) groups is 1. The maximum absolute atomic E-state index is 10.4. The molecule has 1 aromatic rings. The van der Waals surface area contributed by atoms with Gasteiger partial charge in [0.2, 0.25) is 5.91 Å². The molecule has 0 atom stereocenters. The SMILES string of the molecule is NC(=O)c1ccccc1.[LiH]. The number of carbonyl (C=O) groups excluding carboxylic acids is 1. The van der Waals surface area contributed by atoms with E-state index in [-0.39, 0.29) is 24.8 Å². The normalized spacial score (nSPS) is 8.00. The van der Waals surface area contributed by atoms with E-state index in [0.717, 1.165) is 0 Å². The molecular weight excluding hydrogens is 121 g/mol. The molecule has 0 aliphatic carbocycles. The van der Waals surface area contributed by atoms with Crippen molar-refractivity contribution in [2.75, 3.05) is 0 Å². The molecule has 0 aromatic heterocycles. The first-order chi connectivity index (χ1) is 4.30. The van der Waals surface area contributed by atoms with Crippen LogP contribution in [-0.2, 0) is 0 Å². The van der Waals surface area contributed by atoms with Gasteiger partial charge in [-0.2, -0.15) is 0 Å². The molecule has 1 amide bonds. The molecule has 1 aromatic carbocycles. The molecule has 1 rings (SSSR count). The number of benzene rings is 1. The molecule has 2 nitrogen and oxygen atoms in total. The molecule has 3 heteroatoms. The Morgan fingerprint density at radius 3 is 2.00 bits per heavy atom. The topological polar surface area (TPSA) is 43.1 Å². The van der Waals surface area contributed by atoms with Gasteiger partial charge in [-0.3, -0.25) is 4.79 Å². The summed E-state index contributed by atoms with van der Waals surface area (Å²) in [6, 6.07) is 8.76. The van der Waals surface area contributed by atoms with Gasteiger partial charge in [-0.25, -0.2) is 0 Å². The summed E-state index contributed by atoms with van der Waals surface area (Å²) in [7, 11) is 0. The third-order valence-corrected chi connectivity index (χ3v) is 1.06. The Balaban J connectivity index is 0.000000810. The van der Waals surface area contributed by atoms with Gasteiger partial charge < -0.3 is 5.73 Å². The Labute approximate surface area is 71.6 Å². The molecule has 48 valence electrons. The molecule has 0 saturated carbocycles. The van der Waals surface area contributed by atoms with E-state index in [1.165, 1.54) is 0 Å². The quantitative estimate of drug-likeness (QED) is 0.538. The first-order valence-electron chi connectivity index (χ1n) is 2.65. The van der Waals surface area contributed by atoms with Crippen molar-refractivity contribution in [3.05, 3.63) is 35.9 Å². The van der Waals surface area contributed by atoms with E-state index in [4.69, 9.17) is 5.73 Å². The zero-order chi connectivity index (χ0) is 6.69. The predicted molar refractivity (Wildman–Crippen MR) is 42.1 cm³/mol. The summed E-state index contributed by atoms with van der Waals surface area (Å²) in [4.78, 5) is 10.4. The summed E-state index contributed by atoms with van der Waals surface area (Å²) in [5.41, 5.74) is 5.53. The molecule has 10 heavy (non-hydrogen) atoms. The van der Waals surface area contributed by atoms with E-state index in [0.29, 0.717) is 5.56 Å². The summed E-state index contributed by atoms with van der Waals surface area (Å²) < 4.78 is 0. The molecule has 0 aliphatic heterocycles. The molecule has 0 bridgehead atoms. The van der Waals surface area contributed by atoms with Gasteiger partial charge in [0, 0.05) is 5.56 Å². The average molecular weight is 129 g/mol. The van der Waals surface area contributed by atoms with Gasteiger partial charge in [0.1, 0.15) is 0 Å².